The smallest absolute Gasteiger partial charge is 0.390 e. The van der Waals surface area contributed by atoms with E-state index >= 15 is 0 Å². The summed E-state index contributed by atoms with van der Waals surface area (Å²) < 4.78 is 48.2. The Kier molecular flexibility index (Phi) is 8.08. The first kappa shape index (κ1) is 28.4. The molecule has 0 bridgehead atoms. The van der Waals surface area contributed by atoms with Gasteiger partial charge >= 0.3 is 11.9 Å². The molecule has 0 amide bonds. The molecule has 7 nitrogen and oxygen atoms in total. The van der Waals surface area contributed by atoms with Crippen LogP contribution in [0.1, 0.15) is 29.7 Å². The van der Waals surface area contributed by atoms with Crippen LogP contribution in [0.4, 0.5) is 13.2 Å². The first-order valence-corrected chi connectivity index (χ1v) is 14.1. The molecule has 40 heavy (non-hydrogen) atoms. The Bertz CT molecular complexity index is 1660. The molecular formula is C28H28ClF3N4O3S. The molecule has 212 valence electrons. The molecule has 4 aromatic rings. The zero-order valence-corrected chi connectivity index (χ0v) is 23.6. The Morgan fingerprint density at radius 3 is 2.75 bits per heavy atom. The summed E-state index contributed by atoms with van der Waals surface area (Å²) in [6.45, 7) is 2.98. The maximum absolute atomic E-state index is 12.8. The van der Waals surface area contributed by atoms with Gasteiger partial charge in [-0.1, -0.05) is 11.6 Å². The highest BCUT2D eigenvalue weighted by molar-refractivity contribution is 7.19. The zero-order chi connectivity index (χ0) is 28.6. The fourth-order valence-corrected chi connectivity index (χ4v) is 6.45. The lowest BCUT2D eigenvalue weighted by Crippen LogP contribution is -2.42. The molecule has 0 aliphatic carbocycles. The van der Waals surface area contributed by atoms with Crippen LogP contribution in [0.5, 0.6) is 5.75 Å². The minimum absolute atomic E-state index is 0.0492. The monoisotopic (exact) mass is 592 g/mol. The van der Waals surface area contributed by atoms with Crippen LogP contribution in [0.15, 0.2) is 52.3 Å². The summed E-state index contributed by atoms with van der Waals surface area (Å²) in [5.41, 5.74) is 2.32. The first-order valence-electron chi connectivity index (χ1n) is 12.9. The van der Waals surface area contributed by atoms with Crippen LogP contribution in [-0.4, -0.2) is 50.9 Å². The van der Waals surface area contributed by atoms with Crippen molar-refractivity contribution in [3.8, 4) is 16.9 Å². The third-order valence-corrected chi connectivity index (χ3v) is 8.36. The predicted octanol–water partition coefficient (Wildman–Crippen LogP) is 5.63. The number of hydrogen-bond acceptors (Lipinski definition) is 6. The first-order chi connectivity index (χ1) is 19.0. The largest absolute Gasteiger partial charge is 0.488 e. The molecule has 12 heteroatoms. The molecule has 0 radical (unpaired) electrons. The Morgan fingerprint density at radius 1 is 1.18 bits per heavy atom. The highest BCUT2D eigenvalue weighted by atomic mass is 35.5. The molecule has 1 atom stereocenters. The topological polar surface area (TPSA) is 69.4 Å². The van der Waals surface area contributed by atoms with E-state index < -0.39 is 18.3 Å². The molecular weight excluding hydrogens is 565 g/mol. The molecule has 1 aromatic carbocycles. The minimum atomic E-state index is -4.19. The number of alkyl halides is 3. The van der Waals surface area contributed by atoms with E-state index in [1.165, 1.54) is 32.7 Å². The Balaban J connectivity index is 1.48. The molecule has 1 aliphatic rings. The number of piperidine rings is 1. The van der Waals surface area contributed by atoms with Gasteiger partial charge in [0.05, 0.1) is 23.2 Å². The van der Waals surface area contributed by atoms with E-state index in [4.69, 9.17) is 16.3 Å². The van der Waals surface area contributed by atoms with Crippen molar-refractivity contribution >= 4 is 33.2 Å². The number of likely N-dealkylation sites (tertiary alicyclic amines) is 1. The van der Waals surface area contributed by atoms with Gasteiger partial charge in [-0.3, -0.25) is 19.2 Å². The van der Waals surface area contributed by atoms with Gasteiger partial charge in [0, 0.05) is 59.6 Å². The number of benzene rings is 1. The van der Waals surface area contributed by atoms with Gasteiger partial charge in [-0.25, -0.2) is 4.79 Å². The van der Waals surface area contributed by atoms with Gasteiger partial charge in [-0.15, -0.1) is 11.3 Å². The number of aryl methyl sites for hydroxylation is 2. The molecule has 0 spiro atoms. The highest BCUT2D eigenvalue weighted by Crippen LogP contribution is 2.42. The summed E-state index contributed by atoms with van der Waals surface area (Å²) >= 11 is 7.91. The zero-order valence-electron chi connectivity index (χ0n) is 22.0. The van der Waals surface area contributed by atoms with E-state index in [0.29, 0.717) is 29.4 Å². The normalized spacial score (nSPS) is 16.5. The number of hydrogen-bond donors (Lipinski definition) is 0. The lowest BCUT2D eigenvalue weighted by molar-refractivity contribution is -0.139. The number of nitrogens with zero attached hydrogens (tertiary/aromatic N) is 4. The van der Waals surface area contributed by atoms with E-state index in [2.05, 4.69) is 4.98 Å². The number of thiophene rings is 1. The van der Waals surface area contributed by atoms with Crippen molar-refractivity contribution in [1.29, 1.82) is 0 Å². The second-order valence-electron chi connectivity index (χ2n) is 10.1. The van der Waals surface area contributed by atoms with Crippen molar-refractivity contribution in [3.05, 3.63) is 79.0 Å². The van der Waals surface area contributed by atoms with Gasteiger partial charge < -0.3 is 9.30 Å². The van der Waals surface area contributed by atoms with Gasteiger partial charge in [0.2, 0.25) is 0 Å². The van der Waals surface area contributed by atoms with Crippen molar-refractivity contribution in [3.63, 3.8) is 0 Å². The lowest BCUT2D eigenvalue weighted by atomic mass is 10.0. The van der Waals surface area contributed by atoms with Gasteiger partial charge in [-0.2, -0.15) is 13.2 Å². The van der Waals surface area contributed by atoms with Gasteiger partial charge in [-0.05, 0) is 56.1 Å². The number of pyridine rings is 1. The van der Waals surface area contributed by atoms with Crippen molar-refractivity contribution in [2.75, 3.05) is 19.6 Å². The second kappa shape index (κ2) is 11.4. The van der Waals surface area contributed by atoms with Gasteiger partial charge in [0.25, 0.3) is 5.56 Å². The SMILES string of the molecule is Cc1cc(Cl)cc(-c2ccnc3cc(Cn4c(=O)ccn(C)c4=O)sc23)c1OC1CCCN(CCC(F)(F)F)C1. The number of fused-ring (bicyclic) bond motifs is 1. The molecule has 4 heterocycles. The quantitative estimate of drug-likeness (QED) is 0.278. The van der Waals surface area contributed by atoms with Crippen LogP contribution < -0.4 is 16.0 Å². The lowest BCUT2D eigenvalue weighted by Gasteiger charge is -2.34. The van der Waals surface area contributed by atoms with Crippen LogP contribution >= 0.6 is 22.9 Å². The van der Waals surface area contributed by atoms with Gasteiger partial charge in [0.1, 0.15) is 11.9 Å². The summed E-state index contributed by atoms with van der Waals surface area (Å²) in [6, 6.07) is 8.71. The molecule has 0 N–H and O–H groups in total. The van der Waals surface area contributed by atoms with E-state index in [1.807, 2.05) is 25.1 Å². The molecule has 1 aliphatic heterocycles. The van der Waals surface area contributed by atoms with E-state index in [-0.39, 0.29) is 24.8 Å². The predicted molar refractivity (Wildman–Crippen MR) is 151 cm³/mol. The van der Waals surface area contributed by atoms with Crippen LogP contribution in [0.25, 0.3) is 21.3 Å². The maximum Gasteiger partial charge on any atom is 0.390 e. The summed E-state index contributed by atoms with van der Waals surface area (Å²) in [4.78, 5) is 32.0. The van der Waals surface area contributed by atoms with Gasteiger partial charge in [0.15, 0.2) is 0 Å². The van der Waals surface area contributed by atoms with Crippen LogP contribution in [0, 0.1) is 6.92 Å². The molecule has 1 saturated heterocycles. The maximum atomic E-state index is 12.8. The third-order valence-electron chi connectivity index (χ3n) is 7.00. The van der Waals surface area contributed by atoms with E-state index in [1.54, 1.807) is 24.2 Å². The van der Waals surface area contributed by atoms with Crippen LogP contribution in [0.3, 0.4) is 0 Å². The molecule has 1 fully saturated rings. The second-order valence-corrected chi connectivity index (χ2v) is 11.6. The van der Waals surface area contributed by atoms with Crippen molar-refractivity contribution in [1.82, 2.24) is 19.0 Å². The molecule has 5 rings (SSSR count). The summed E-state index contributed by atoms with van der Waals surface area (Å²) in [5.74, 6) is 0.627. The summed E-state index contributed by atoms with van der Waals surface area (Å²) in [6.07, 6.45) is -0.699. The molecule has 3 aromatic heterocycles. The summed E-state index contributed by atoms with van der Waals surface area (Å²) in [7, 11) is 1.59. The molecule has 1 unspecified atom stereocenters. The Morgan fingerprint density at radius 2 is 1.98 bits per heavy atom. The number of aromatic nitrogens is 3. The van der Waals surface area contributed by atoms with Crippen LogP contribution in [0.2, 0.25) is 5.02 Å². The summed E-state index contributed by atoms with van der Waals surface area (Å²) in [5, 5.41) is 0.524. The number of halogens is 4. The van der Waals surface area contributed by atoms with E-state index in [0.717, 1.165) is 39.1 Å². The van der Waals surface area contributed by atoms with E-state index in [9.17, 15) is 22.8 Å². The molecule has 0 saturated carbocycles. The fourth-order valence-electron chi connectivity index (χ4n) is 5.04. The van der Waals surface area contributed by atoms with Crippen molar-refractivity contribution in [2.24, 2.45) is 7.05 Å². The highest BCUT2D eigenvalue weighted by Gasteiger charge is 2.30. The average Bonchev–Trinajstić information content (AvgIpc) is 3.32. The third kappa shape index (κ3) is 6.26. The number of rotatable bonds is 7. The standard InChI is InChI=1S/C28H28ClF3N4O3S/c1-17-12-18(29)13-22(25(17)39-19-4-3-9-35(15-19)11-7-28(30,31)32)21-5-8-33-23-14-20(40-26(21)23)16-36-24(37)6-10-34(2)27(36)38/h5-6,8,10,12-14,19H,3-4,7,9,11,15-16H2,1-2H3. The minimum Gasteiger partial charge on any atom is -0.488 e. The Hall–Kier alpha value is -3.15. The average molecular weight is 593 g/mol. The Labute approximate surface area is 237 Å². The fraction of sp³-hybridized carbons (Fsp3) is 0.393. The van der Waals surface area contributed by atoms with Crippen molar-refractivity contribution < 1.29 is 17.9 Å². The van der Waals surface area contributed by atoms with Crippen molar-refractivity contribution in [2.45, 2.75) is 45.0 Å². The van der Waals surface area contributed by atoms with Crippen LogP contribution in [-0.2, 0) is 13.6 Å². The number of ether oxygens (including phenoxy) is 1.